The fourth-order valence-corrected chi connectivity index (χ4v) is 4.02. The first-order chi connectivity index (χ1) is 12.7. The molecular weight excluding hydrogens is 340 g/mol. The summed E-state index contributed by atoms with van der Waals surface area (Å²) in [5.74, 6) is 1.75. The Morgan fingerprint density at radius 1 is 1.22 bits per heavy atom. The van der Waals surface area contributed by atoms with Gasteiger partial charge in [0.05, 0.1) is 13.2 Å². The van der Waals surface area contributed by atoms with Crippen LogP contribution >= 0.6 is 0 Å². The first-order valence-electron chi connectivity index (χ1n) is 10.2. The van der Waals surface area contributed by atoms with Crippen LogP contribution in [-0.4, -0.2) is 74.5 Å². The van der Waals surface area contributed by atoms with E-state index < -0.39 is 0 Å². The number of aromatic nitrogens is 1. The monoisotopic (exact) mass is 376 g/mol. The maximum atomic E-state index is 6.18. The molecule has 0 aromatic carbocycles. The number of likely N-dealkylation sites (N-methyl/N-ethyl adjacent to an activating group) is 1. The number of morpholine rings is 1. The molecule has 0 spiro atoms. The standard InChI is InChI=1S/C21H36N4O2/c1-16-15-26-11-10-24(16)18-12-19(22-20(13-18)27-21(2,3)4)25-9-7-8-17(25)14-23(5)6/h12-13,16-17H,7-11,14-15H2,1-6H3/t16-,17?/m1/s1. The summed E-state index contributed by atoms with van der Waals surface area (Å²) in [4.78, 5) is 12.1. The molecule has 6 nitrogen and oxygen atoms in total. The first kappa shape index (κ1) is 20.2. The van der Waals surface area contributed by atoms with Gasteiger partial charge in [-0.1, -0.05) is 0 Å². The minimum Gasteiger partial charge on any atom is -0.472 e. The van der Waals surface area contributed by atoms with Crippen LogP contribution in [0.2, 0.25) is 0 Å². The lowest BCUT2D eigenvalue weighted by Gasteiger charge is -2.36. The zero-order valence-electron chi connectivity index (χ0n) is 17.9. The Labute approximate surface area is 164 Å². The Morgan fingerprint density at radius 3 is 2.67 bits per heavy atom. The number of rotatable bonds is 5. The first-order valence-corrected chi connectivity index (χ1v) is 10.2. The molecule has 0 saturated carbocycles. The molecule has 3 rings (SSSR count). The molecule has 3 heterocycles. The molecule has 2 aliphatic heterocycles. The molecule has 27 heavy (non-hydrogen) atoms. The minimum absolute atomic E-state index is 0.270. The van der Waals surface area contributed by atoms with Crippen molar-refractivity contribution >= 4 is 11.5 Å². The Bertz CT molecular complexity index is 629. The third-order valence-corrected chi connectivity index (χ3v) is 5.13. The van der Waals surface area contributed by atoms with Crippen molar-refractivity contribution in [3.05, 3.63) is 12.1 Å². The van der Waals surface area contributed by atoms with Gasteiger partial charge in [-0.05, 0) is 54.6 Å². The predicted octanol–water partition coefficient (Wildman–Crippen LogP) is 3.01. The Morgan fingerprint density at radius 2 is 2.00 bits per heavy atom. The minimum atomic E-state index is -0.270. The van der Waals surface area contributed by atoms with Gasteiger partial charge in [0.15, 0.2) is 0 Å². The van der Waals surface area contributed by atoms with Gasteiger partial charge in [-0.25, -0.2) is 0 Å². The molecular formula is C21H36N4O2. The van der Waals surface area contributed by atoms with Crippen LogP contribution in [-0.2, 0) is 4.74 Å². The molecule has 6 heteroatoms. The van der Waals surface area contributed by atoms with Crippen LogP contribution in [0.4, 0.5) is 11.5 Å². The van der Waals surface area contributed by atoms with Crippen LogP contribution in [0.25, 0.3) is 0 Å². The summed E-state index contributed by atoms with van der Waals surface area (Å²) < 4.78 is 11.8. The lowest BCUT2D eigenvalue weighted by atomic mass is 10.2. The summed E-state index contributed by atoms with van der Waals surface area (Å²) in [6.07, 6.45) is 2.43. The molecule has 1 aromatic heterocycles. The maximum absolute atomic E-state index is 6.18. The average molecular weight is 377 g/mol. The van der Waals surface area contributed by atoms with Gasteiger partial charge in [0, 0.05) is 49.5 Å². The lowest BCUT2D eigenvalue weighted by molar-refractivity contribution is 0.0986. The van der Waals surface area contributed by atoms with Crippen LogP contribution in [0.1, 0.15) is 40.5 Å². The zero-order valence-corrected chi connectivity index (χ0v) is 17.9. The van der Waals surface area contributed by atoms with Crippen molar-refractivity contribution in [3.63, 3.8) is 0 Å². The summed E-state index contributed by atoms with van der Waals surface area (Å²) >= 11 is 0. The number of hydrogen-bond donors (Lipinski definition) is 0. The van der Waals surface area contributed by atoms with E-state index in [4.69, 9.17) is 14.5 Å². The SMILES string of the molecule is C[C@@H]1COCCN1c1cc(OC(C)(C)C)nc(N2CCCC2CN(C)C)c1. The third kappa shape index (κ3) is 5.26. The van der Waals surface area contributed by atoms with Crippen molar-refractivity contribution < 1.29 is 9.47 Å². The van der Waals surface area contributed by atoms with E-state index in [1.54, 1.807) is 0 Å². The highest BCUT2D eigenvalue weighted by Crippen LogP contribution is 2.33. The highest BCUT2D eigenvalue weighted by Gasteiger charge is 2.29. The van der Waals surface area contributed by atoms with E-state index in [0.717, 1.165) is 38.7 Å². The molecule has 0 N–H and O–H groups in total. The molecule has 152 valence electrons. The number of ether oxygens (including phenoxy) is 2. The average Bonchev–Trinajstić information content (AvgIpc) is 3.00. The summed E-state index contributed by atoms with van der Waals surface area (Å²) in [7, 11) is 4.29. The fraction of sp³-hybridized carbons (Fsp3) is 0.762. The molecule has 2 fully saturated rings. The molecule has 0 bridgehead atoms. The topological polar surface area (TPSA) is 41.1 Å². The number of pyridine rings is 1. The zero-order chi connectivity index (χ0) is 19.6. The molecule has 2 saturated heterocycles. The Kier molecular flexibility index (Phi) is 6.16. The lowest BCUT2D eigenvalue weighted by Crippen LogP contribution is -2.44. The largest absolute Gasteiger partial charge is 0.472 e. The normalized spacial score (nSPS) is 24.0. The quantitative estimate of drug-likeness (QED) is 0.787. The maximum Gasteiger partial charge on any atom is 0.217 e. The second kappa shape index (κ2) is 8.23. The van der Waals surface area contributed by atoms with Gasteiger partial charge >= 0.3 is 0 Å². The third-order valence-electron chi connectivity index (χ3n) is 5.13. The Hall–Kier alpha value is -1.53. The van der Waals surface area contributed by atoms with Gasteiger partial charge in [-0.3, -0.25) is 0 Å². The van der Waals surface area contributed by atoms with Crippen molar-refractivity contribution in [3.8, 4) is 5.88 Å². The second-order valence-electron chi connectivity index (χ2n) is 9.11. The van der Waals surface area contributed by atoms with E-state index in [2.05, 4.69) is 68.6 Å². The van der Waals surface area contributed by atoms with E-state index in [-0.39, 0.29) is 5.60 Å². The van der Waals surface area contributed by atoms with E-state index >= 15 is 0 Å². The van der Waals surface area contributed by atoms with Gasteiger partial charge in [0.1, 0.15) is 11.4 Å². The van der Waals surface area contributed by atoms with E-state index in [9.17, 15) is 0 Å². The van der Waals surface area contributed by atoms with Crippen molar-refractivity contribution in [1.29, 1.82) is 0 Å². The van der Waals surface area contributed by atoms with Crippen molar-refractivity contribution in [1.82, 2.24) is 9.88 Å². The summed E-state index contributed by atoms with van der Waals surface area (Å²) in [5.41, 5.74) is 0.915. The van der Waals surface area contributed by atoms with Crippen molar-refractivity contribution in [2.75, 3.05) is 56.7 Å². The molecule has 1 unspecified atom stereocenters. The molecule has 1 aromatic rings. The van der Waals surface area contributed by atoms with Crippen LogP contribution < -0.4 is 14.5 Å². The van der Waals surface area contributed by atoms with Gasteiger partial charge in [-0.2, -0.15) is 4.98 Å². The number of nitrogens with zero attached hydrogens (tertiary/aromatic N) is 4. The number of anilines is 2. The summed E-state index contributed by atoms with van der Waals surface area (Å²) in [6, 6.07) is 5.19. The van der Waals surface area contributed by atoms with E-state index in [1.165, 1.54) is 18.5 Å². The van der Waals surface area contributed by atoms with Gasteiger partial charge in [0.25, 0.3) is 0 Å². The van der Waals surface area contributed by atoms with E-state index in [1.807, 2.05) is 0 Å². The van der Waals surface area contributed by atoms with Crippen LogP contribution in [0.3, 0.4) is 0 Å². The molecule has 2 aliphatic rings. The number of hydrogen-bond acceptors (Lipinski definition) is 6. The van der Waals surface area contributed by atoms with Gasteiger partial charge < -0.3 is 24.2 Å². The molecule has 0 aliphatic carbocycles. The molecule has 0 amide bonds. The molecule has 2 atom stereocenters. The van der Waals surface area contributed by atoms with Crippen LogP contribution in [0.5, 0.6) is 5.88 Å². The molecule has 0 radical (unpaired) electrons. The summed E-state index contributed by atoms with van der Waals surface area (Å²) in [6.45, 7) is 13.0. The van der Waals surface area contributed by atoms with E-state index in [0.29, 0.717) is 18.0 Å². The summed E-state index contributed by atoms with van der Waals surface area (Å²) in [5, 5.41) is 0. The fourth-order valence-electron chi connectivity index (χ4n) is 4.02. The smallest absolute Gasteiger partial charge is 0.217 e. The second-order valence-corrected chi connectivity index (χ2v) is 9.11. The predicted molar refractivity (Wildman–Crippen MR) is 111 cm³/mol. The van der Waals surface area contributed by atoms with Gasteiger partial charge in [0.2, 0.25) is 5.88 Å². The highest BCUT2D eigenvalue weighted by molar-refractivity contribution is 5.59. The highest BCUT2D eigenvalue weighted by atomic mass is 16.5. The van der Waals surface area contributed by atoms with Crippen LogP contribution in [0.15, 0.2) is 12.1 Å². The van der Waals surface area contributed by atoms with Crippen LogP contribution in [0, 0.1) is 0 Å². The Balaban J connectivity index is 1.94. The van der Waals surface area contributed by atoms with Gasteiger partial charge in [-0.15, -0.1) is 0 Å². The van der Waals surface area contributed by atoms with Crippen molar-refractivity contribution in [2.45, 2.75) is 58.2 Å². The van der Waals surface area contributed by atoms with Crippen molar-refractivity contribution in [2.24, 2.45) is 0 Å².